The number of nitrogens with one attached hydrogen (secondary N) is 1. The third-order valence-electron chi connectivity index (χ3n) is 3.64. The molecule has 0 amide bonds. The van der Waals surface area contributed by atoms with E-state index in [1.165, 1.54) is 44.3 Å². The van der Waals surface area contributed by atoms with E-state index in [9.17, 15) is 0 Å². The van der Waals surface area contributed by atoms with E-state index >= 15 is 0 Å². The lowest BCUT2D eigenvalue weighted by Gasteiger charge is -2.26. The lowest BCUT2D eigenvalue weighted by atomic mass is 10.0. The molecule has 2 nitrogen and oxygen atoms in total. The third kappa shape index (κ3) is 4.71. The topological polar surface area (TPSA) is 15.3 Å². The summed E-state index contributed by atoms with van der Waals surface area (Å²) in [5.41, 5.74) is 1.39. The molecule has 1 heterocycles. The van der Waals surface area contributed by atoms with Gasteiger partial charge in [-0.3, -0.25) is 0 Å². The average molecular weight is 311 g/mol. The van der Waals surface area contributed by atoms with Gasteiger partial charge < -0.3 is 10.2 Å². The number of hydrogen-bond acceptors (Lipinski definition) is 2. The van der Waals surface area contributed by atoms with E-state index in [0.29, 0.717) is 0 Å². The van der Waals surface area contributed by atoms with Crippen molar-refractivity contribution in [3.63, 3.8) is 0 Å². The minimum atomic E-state index is 0.742. The van der Waals surface area contributed by atoms with Crippen molar-refractivity contribution < 1.29 is 0 Å². The second kappa shape index (κ2) is 7.27. The van der Waals surface area contributed by atoms with Crippen LogP contribution in [-0.4, -0.2) is 31.1 Å². The number of halogens is 1. The summed E-state index contributed by atoms with van der Waals surface area (Å²) in [5.74, 6) is 0. The molecule has 100 valence electrons. The first-order valence-electron chi connectivity index (χ1n) is 6.90. The zero-order valence-corrected chi connectivity index (χ0v) is 12.7. The molecular weight excluding hydrogens is 288 g/mol. The van der Waals surface area contributed by atoms with Gasteiger partial charge in [-0.25, -0.2) is 0 Å². The summed E-state index contributed by atoms with van der Waals surface area (Å²) in [7, 11) is 2.21. The number of benzene rings is 1. The Labute approximate surface area is 119 Å². The molecule has 0 saturated carbocycles. The van der Waals surface area contributed by atoms with E-state index in [2.05, 4.69) is 57.5 Å². The molecule has 1 atom stereocenters. The molecular formula is C15H23BrN2. The molecule has 0 aromatic heterocycles. The predicted molar refractivity (Wildman–Crippen MR) is 80.7 cm³/mol. The lowest BCUT2D eigenvalue weighted by molar-refractivity contribution is 0.282. The first-order chi connectivity index (χ1) is 8.74. The summed E-state index contributed by atoms with van der Waals surface area (Å²) in [6, 6.07) is 9.36. The summed E-state index contributed by atoms with van der Waals surface area (Å²) in [4.78, 5) is 2.42. The highest BCUT2D eigenvalue weighted by Crippen LogP contribution is 2.13. The Hall–Kier alpha value is -0.380. The molecule has 1 aliphatic heterocycles. The van der Waals surface area contributed by atoms with Gasteiger partial charge in [0, 0.05) is 17.1 Å². The summed E-state index contributed by atoms with van der Waals surface area (Å²) in [6.45, 7) is 3.43. The molecule has 0 radical (unpaired) electrons. The van der Waals surface area contributed by atoms with Crippen LogP contribution in [0.15, 0.2) is 28.7 Å². The van der Waals surface area contributed by atoms with E-state index in [1.807, 2.05) is 0 Å². The monoisotopic (exact) mass is 310 g/mol. The number of hydrogen-bond donors (Lipinski definition) is 1. The van der Waals surface area contributed by atoms with Crippen LogP contribution in [0.1, 0.15) is 31.2 Å². The summed E-state index contributed by atoms with van der Waals surface area (Å²) in [6.07, 6.45) is 5.37. The Balaban J connectivity index is 1.71. The maximum Gasteiger partial charge on any atom is 0.0230 e. The number of piperidine rings is 1. The molecule has 18 heavy (non-hydrogen) atoms. The number of rotatable bonds is 5. The highest BCUT2D eigenvalue weighted by atomic mass is 79.9. The van der Waals surface area contributed by atoms with Crippen molar-refractivity contribution in [2.75, 3.05) is 20.1 Å². The van der Waals surface area contributed by atoms with E-state index < -0.39 is 0 Å². The molecule has 2 rings (SSSR count). The maximum absolute atomic E-state index is 3.61. The van der Waals surface area contributed by atoms with Gasteiger partial charge in [0.25, 0.3) is 0 Å². The van der Waals surface area contributed by atoms with Gasteiger partial charge in [0.05, 0.1) is 0 Å². The van der Waals surface area contributed by atoms with Crippen LogP contribution in [0.25, 0.3) is 0 Å². The molecule has 0 spiro atoms. The van der Waals surface area contributed by atoms with E-state index in [0.717, 1.165) is 17.1 Å². The molecule has 1 aromatic carbocycles. The Morgan fingerprint density at radius 2 is 2.06 bits per heavy atom. The Morgan fingerprint density at radius 3 is 2.72 bits per heavy atom. The van der Waals surface area contributed by atoms with Gasteiger partial charge in [-0.15, -0.1) is 0 Å². The molecule has 1 N–H and O–H groups in total. The van der Waals surface area contributed by atoms with Crippen LogP contribution >= 0.6 is 15.9 Å². The first-order valence-corrected chi connectivity index (χ1v) is 7.70. The van der Waals surface area contributed by atoms with Gasteiger partial charge >= 0.3 is 0 Å². The smallest absolute Gasteiger partial charge is 0.0230 e. The van der Waals surface area contributed by atoms with Crippen molar-refractivity contribution in [2.45, 2.75) is 38.3 Å². The average Bonchev–Trinajstić information content (AvgIpc) is 2.40. The van der Waals surface area contributed by atoms with Crippen LogP contribution in [0.5, 0.6) is 0 Å². The zero-order chi connectivity index (χ0) is 12.8. The first kappa shape index (κ1) is 14.0. The van der Waals surface area contributed by atoms with Crippen LogP contribution < -0.4 is 5.32 Å². The molecule has 0 bridgehead atoms. The Bertz CT molecular complexity index is 344. The second-order valence-corrected chi connectivity index (χ2v) is 6.22. The highest BCUT2D eigenvalue weighted by Gasteiger charge is 2.12. The van der Waals surface area contributed by atoms with Gasteiger partial charge in [0.1, 0.15) is 0 Å². The van der Waals surface area contributed by atoms with Crippen molar-refractivity contribution in [3.05, 3.63) is 34.3 Å². The summed E-state index contributed by atoms with van der Waals surface area (Å²) >= 11 is 3.47. The molecule has 1 aliphatic rings. The lowest BCUT2D eigenvalue weighted by Crippen LogP contribution is -2.36. The highest BCUT2D eigenvalue weighted by molar-refractivity contribution is 9.10. The van der Waals surface area contributed by atoms with Crippen LogP contribution in [0, 0.1) is 0 Å². The fourth-order valence-corrected chi connectivity index (χ4v) is 2.79. The maximum atomic E-state index is 3.61. The molecule has 1 saturated heterocycles. The van der Waals surface area contributed by atoms with Crippen molar-refractivity contribution in [2.24, 2.45) is 0 Å². The predicted octanol–water partition coefficient (Wildman–Crippen LogP) is 3.41. The van der Waals surface area contributed by atoms with Crippen molar-refractivity contribution in [1.82, 2.24) is 10.2 Å². The molecule has 0 aliphatic carbocycles. The molecule has 1 aromatic rings. The van der Waals surface area contributed by atoms with Gasteiger partial charge in [-0.05, 0) is 57.1 Å². The summed E-state index contributed by atoms with van der Waals surface area (Å²) < 4.78 is 1.15. The minimum absolute atomic E-state index is 0.742. The Morgan fingerprint density at radius 1 is 1.28 bits per heavy atom. The van der Waals surface area contributed by atoms with Crippen LogP contribution in [0.3, 0.4) is 0 Å². The minimum Gasteiger partial charge on any atom is -0.314 e. The van der Waals surface area contributed by atoms with Crippen LogP contribution in [0.4, 0.5) is 0 Å². The van der Waals surface area contributed by atoms with E-state index in [-0.39, 0.29) is 0 Å². The standard InChI is InChI=1S/C15H23BrN2/c1-18(11-9-15-4-2-3-10-17-15)12-13-5-7-14(16)8-6-13/h5-8,15,17H,2-4,9-12H2,1H3. The van der Waals surface area contributed by atoms with Crippen LogP contribution in [0.2, 0.25) is 0 Å². The quantitative estimate of drug-likeness (QED) is 0.896. The third-order valence-corrected chi connectivity index (χ3v) is 4.17. The number of nitrogens with zero attached hydrogens (tertiary/aromatic N) is 1. The van der Waals surface area contributed by atoms with Crippen LogP contribution in [-0.2, 0) is 6.54 Å². The fraction of sp³-hybridized carbons (Fsp3) is 0.600. The SMILES string of the molecule is CN(CCC1CCCCN1)Cc1ccc(Br)cc1. The zero-order valence-electron chi connectivity index (χ0n) is 11.2. The largest absolute Gasteiger partial charge is 0.314 e. The van der Waals surface area contributed by atoms with Crippen molar-refractivity contribution in [1.29, 1.82) is 0 Å². The van der Waals surface area contributed by atoms with Gasteiger partial charge in [0.2, 0.25) is 0 Å². The van der Waals surface area contributed by atoms with Gasteiger partial charge in [-0.2, -0.15) is 0 Å². The van der Waals surface area contributed by atoms with E-state index in [4.69, 9.17) is 0 Å². The van der Waals surface area contributed by atoms with E-state index in [1.54, 1.807) is 0 Å². The van der Waals surface area contributed by atoms with Crippen molar-refractivity contribution >= 4 is 15.9 Å². The Kier molecular flexibility index (Phi) is 5.67. The normalized spacial score (nSPS) is 20.3. The van der Waals surface area contributed by atoms with Gasteiger partial charge in [0.15, 0.2) is 0 Å². The molecule has 3 heteroatoms. The molecule has 1 fully saturated rings. The summed E-state index contributed by atoms with van der Waals surface area (Å²) in [5, 5.41) is 3.61. The molecule has 1 unspecified atom stereocenters. The second-order valence-electron chi connectivity index (χ2n) is 5.30. The fourth-order valence-electron chi connectivity index (χ4n) is 2.53. The van der Waals surface area contributed by atoms with Crippen molar-refractivity contribution in [3.8, 4) is 0 Å². The van der Waals surface area contributed by atoms with Gasteiger partial charge in [-0.1, -0.05) is 34.5 Å².